The maximum Gasteiger partial charge on any atom is 1.00 e. The van der Waals surface area contributed by atoms with Crippen molar-refractivity contribution >= 4 is 0 Å². The average Bonchev–Trinajstić information content (AvgIpc) is 0. The maximum atomic E-state index is 0. The van der Waals surface area contributed by atoms with Crippen molar-refractivity contribution < 1.29 is 108 Å². The molecule has 0 bridgehead atoms. The fourth-order valence-electron chi connectivity index (χ4n) is 0. The molecule has 6 heavy (non-hydrogen) atoms. The van der Waals surface area contributed by atoms with Gasteiger partial charge in [0.25, 0.3) is 0 Å². The van der Waals surface area contributed by atoms with Gasteiger partial charge in [-0.3, -0.25) is 0 Å². The molecule has 0 aliphatic carbocycles. The quantitative estimate of drug-likeness (QED) is 0.380. The van der Waals surface area contributed by atoms with E-state index >= 15 is 0 Å². The van der Waals surface area contributed by atoms with Crippen molar-refractivity contribution in [3.05, 3.63) is 0 Å². The van der Waals surface area contributed by atoms with E-state index in [-0.39, 0.29) is 108 Å². The van der Waals surface area contributed by atoms with Crippen molar-refractivity contribution in [2.45, 2.75) is 0 Å². The van der Waals surface area contributed by atoms with Crippen molar-refractivity contribution in [3.63, 3.8) is 0 Å². The molecule has 0 atom stereocenters. The molecule has 0 heterocycles. The van der Waals surface area contributed by atoms with Gasteiger partial charge in [-0.05, 0) is 0 Å². The smallest absolute Gasteiger partial charge is 1.00 e. The zero-order valence-electron chi connectivity index (χ0n) is 4.13. The van der Waals surface area contributed by atoms with Crippen LogP contribution in [0.1, 0.15) is 0 Å². The first-order chi connectivity index (χ1) is 0. The number of hydrogen-bond donors (Lipinski definition) is 0. The van der Waals surface area contributed by atoms with Crippen LogP contribution >= 0.6 is 0 Å². The molecule has 0 nitrogen and oxygen atoms in total. The number of halogens is 3. The van der Waals surface area contributed by atoms with E-state index in [1.54, 1.807) is 0 Å². The Morgan fingerprint density at radius 3 is 0.333 bits per heavy atom. The van der Waals surface area contributed by atoms with Gasteiger partial charge in [0, 0.05) is 0 Å². The molecule has 0 unspecified atom stereocenters. The predicted molar refractivity (Wildman–Crippen MR) is 0 cm³/mol. The van der Waals surface area contributed by atoms with Crippen LogP contribution in [0.4, 0.5) is 0 Å². The standard InChI is InChI=1S/3BrH.3Li/h3*1H;;;/q;;;3*+1/p-3. The molecule has 0 aromatic carbocycles. The SMILES string of the molecule is [Br-].[Br-].[Br-].[Li+].[Li+].[Li+]. The maximum absolute atomic E-state index is 0. The van der Waals surface area contributed by atoms with E-state index < -0.39 is 0 Å². The summed E-state index contributed by atoms with van der Waals surface area (Å²) >= 11 is 0. The third-order valence-corrected chi connectivity index (χ3v) is 0. The van der Waals surface area contributed by atoms with E-state index in [4.69, 9.17) is 0 Å². The number of hydrogen-bond acceptors (Lipinski definition) is 0. The Morgan fingerprint density at radius 2 is 0.333 bits per heavy atom. The van der Waals surface area contributed by atoms with Crippen molar-refractivity contribution in [3.8, 4) is 0 Å². The molecule has 0 amide bonds. The first kappa shape index (κ1) is 59.9. The van der Waals surface area contributed by atoms with Gasteiger partial charge in [-0.15, -0.1) is 0 Å². The molecule has 24 valence electrons. The summed E-state index contributed by atoms with van der Waals surface area (Å²) in [6, 6.07) is 0. The first-order valence-electron chi connectivity index (χ1n) is 0. The van der Waals surface area contributed by atoms with Gasteiger partial charge in [0.05, 0.1) is 0 Å². The molecular weight excluding hydrogens is 261 g/mol. The molecule has 0 rings (SSSR count). The summed E-state index contributed by atoms with van der Waals surface area (Å²) in [7, 11) is 0. The second-order valence-corrected chi connectivity index (χ2v) is 0. The van der Waals surface area contributed by atoms with Gasteiger partial charge in [-0.25, -0.2) is 0 Å². The Labute approximate surface area is 106 Å². The zero-order chi connectivity index (χ0) is 0. The Kier molecular flexibility index (Phi) is 411. The summed E-state index contributed by atoms with van der Waals surface area (Å²) in [4.78, 5) is 0. The van der Waals surface area contributed by atoms with Crippen molar-refractivity contribution in [2.24, 2.45) is 0 Å². The van der Waals surface area contributed by atoms with Crippen LogP contribution in [0.15, 0.2) is 0 Å². The molecule has 0 saturated carbocycles. The Hall–Kier alpha value is 3.23. The van der Waals surface area contributed by atoms with Gasteiger partial charge in [0.15, 0.2) is 0 Å². The van der Waals surface area contributed by atoms with Crippen LogP contribution in [0.25, 0.3) is 0 Å². The summed E-state index contributed by atoms with van der Waals surface area (Å²) < 4.78 is 0. The predicted octanol–water partition coefficient (Wildman–Crippen LogP) is -18.0. The van der Waals surface area contributed by atoms with E-state index in [0.29, 0.717) is 0 Å². The summed E-state index contributed by atoms with van der Waals surface area (Å²) in [5.41, 5.74) is 0. The summed E-state index contributed by atoms with van der Waals surface area (Å²) in [6.07, 6.45) is 0. The molecule has 0 aromatic rings. The Bertz CT molecular complexity index is 6.00. The summed E-state index contributed by atoms with van der Waals surface area (Å²) in [6.45, 7) is 0. The second-order valence-electron chi connectivity index (χ2n) is 0. The molecule has 0 spiro atoms. The fourth-order valence-corrected chi connectivity index (χ4v) is 0. The monoisotopic (exact) mass is 258 g/mol. The normalized spacial score (nSPS) is 0. The third-order valence-electron chi connectivity index (χ3n) is 0. The summed E-state index contributed by atoms with van der Waals surface area (Å²) in [5, 5.41) is 0. The van der Waals surface area contributed by atoms with Crippen molar-refractivity contribution in [1.29, 1.82) is 0 Å². The van der Waals surface area contributed by atoms with Crippen LogP contribution in [0, 0.1) is 0 Å². The minimum atomic E-state index is 0. The van der Waals surface area contributed by atoms with E-state index in [9.17, 15) is 0 Å². The summed E-state index contributed by atoms with van der Waals surface area (Å²) in [5.74, 6) is 0. The molecule has 0 fully saturated rings. The van der Waals surface area contributed by atoms with Gasteiger partial charge in [-0.2, -0.15) is 0 Å². The zero-order valence-corrected chi connectivity index (χ0v) is 8.89. The van der Waals surface area contributed by atoms with Gasteiger partial charge in [-0.1, -0.05) is 0 Å². The molecule has 0 aliphatic heterocycles. The average molecular weight is 261 g/mol. The first-order valence-corrected chi connectivity index (χ1v) is 0. The topological polar surface area (TPSA) is 0 Å². The van der Waals surface area contributed by atoms with Gasteiger partial charge >= 0.3 is 56.6 Å². The van der Waals surface area contributed by atoms with Crippen LogP contribution in [-0.4, -0.2) is 0 Å². The van der Waals surface area contributed by atoms with E-state index in [0.717, 1.165) is 0 Å². The van der Waals surface area contributed by atoms with Crippen LogP contribution in [0.2, 0.25) is 0 Å². The number of rotatable bonds is 0. The molecule has 0 N–H and O–H groups in total. The van der Waals surface area contributed by atoms with Crippen molar-refractivity contribution in [1.82, 2.24) is 0 Å². The van der Waals surface area contributed by atoms with Crippen LogP contribution in [0.5, 0.6) is 0 Å². The minimum absolute atomic E-state index is 0. The van der Waals surface area contributed by atoms with E-state index in [2.05, 4.69) is 0 Å². The Morgan fingerprint density at radius 1 is 0.333 bits per heavy atom. The fraction of sp³-hybridized carbons (Fsp3) is 0. The second kappa shape index (κ2) is 41.2. The largest absolute Gasteiger partial charge is 1.00 e. The van der Waals surface area contributed by atoms with Crippen LogP contribution in [0.3, 0.4) is 0 Å². The van der Waals surface area contributed by atoms with E-state index in [1.165, 1.54) is 0 Å². The minimum Gasteiger partial charge on any atom is -1.00 e. The van der Waals surface area contributed by atoms with Gasteiger partial charge in [0.2, 0.25) is 0 Å². The van der Waals surface area contributed by atoms with Crippen molar-refractivity contribution in [2.75, 3.05) is 0 Å². The molecule has 6 heteroatoms. The Balaban J connectivity index is 0. The molecule has 0 saturated heterocycles. The van der Waals surface area contributed by atoms with Gasteiger partial charge < -0.3 is 50.9 Å². The van der Waals surface area contributed by atoms with Gasteiger partial charge in [0.1, 0.15) is 0 Å². The third kappa shape index (κ3) is 26.9. The molecule has 0 aliphatic rings. The van der Waals surface area contributed by atoms with E-state index in [1.807, 2.05) is 0 Å². The molecule has 0 aromatic heterocycles. The van der Waals surface area contributed by atoms with Crippen LogP contribution in [-0.2, 0) is 0 Å². The molecule has 0 radical (unpaired) electrons. The van der Waals surface area contributed by atoms with Crippen LogP contribution < -0.4 is 108 Å². The molecular formula is Br3Li3.